The third-order valence-corrected chi connectivity index (χ3v) is 1.10. The van der Waals surface area contributed by atoms with E-state index in [2.05, 4.69) is 49.9 Å². The molecule has 0 unspecified atom stereocenters. The van der Waals surface area contributed by atoms with E-state index in [0.717, 1.165) is 6.42 Å². The van der Waals surface area contributed by atoms with Crippen LogP contribution < -0.4 is 0 Å². The van der Waals surface area contributed by atoms with Crippen LogP contribution in [0, 0.1) is 5.41 Å². The highest BCUT2D eigenvalue weighted by molar-refractivity contribution is 14.1. The molecule has 8 heavy (non-hydrogen) atoms. The largest absolute Gasteiger partial charge is 0.0897 e. The minimum Gasteiger partial charge on any atom is -0.0897 e. The van der Waals surface area contributed by atoms with E-state index in [1.165, 1.54) is 3.58 Å². The molecule has 0 bridgehead atoms. The molecule has 0 fully saturated rings. The molecular formula is C7H13I. The Bertz CT molecular complexity index is 87.1. The zero-order valence-electron chi connectivity index (χ0n) is 5.79. The van der Waals surface area contributed by atoms with Crippen molar-refractivity contribution in [3.63, 3.8) is 0 Å². The van der Waals surface area contributed by atoms with Crippen LogP contribution in [0.3, 0.4) is 0 Å². The minimum absolute atomic E-state index is 0.415. The van der Waals surface area contributed by atoms with Gasteiger partial charge in [-0.3, -0.25) is 0 Å². The summed E-state index contributed by atoms with van der Waals surface area (Å²) in [7, 11) is 0. The number of allylic oxidation sites excluding steroid dienone is 1. The van der Waals surface area contributed by atoms with Gasteiger partial charge in [-0.05, 0) is 38.0 Å². The zero-order chi connectivity index (χ0) is 6.78. The summed E-state index contributed by atoms with van der Waals surface area (Å²) in [5, 5.41) is 0. The third kappa shape index (κ3) is 6.47. The summed E-state index contributed by atoms with van der Waals surface area (Å²) >= 11 is 2.27. The molecule has 0 N–H and O–H groups in total. The number of hydrogen-bond acceptors (Lipinski definition) is 0. The van der Waals surface area contributed by atoms with Crippen molar-refractivity contribution in [1.82, 2.24) is 0 Å². The van der Waals surface area contributed by atoms with Gasteiger partial charge >= 0.3 is 0 Å². The standard InChI is InChI=1S/C7H13I/c1-6(8)5-7(2,3)4/h1,5H2,2-4H3. The average molecular weight is 224 g/mol. The van der Waals surface area contributed by atoms with Crippen LogP contribution >= 0.6 is 22.6 Å². The molecule has 0 aliphatic carbocycles. The highest BCUT2D eigenvalue weighted by Crippen LogP contribution is 2.25. The fraction of sp³-hybridized carbons (Fsp3) is 0.714. The van der Waals surface area contributed by atoms with Crippen molar-refractivity contribution in [2.24, 2.45) is 5.41 Å². The molecule has 0 aromatic rings. The van der Waals surface area contributed by atoms with Gasteiger partial charge in [0.2, 0.25) is 0 Å². The van der Waals surface area contributed by atoms with Crippen molar-refractivity contribution in [3.05, 3.63) is 10.2 Å². The van der Waals surface area contributed by atoms with Gasteiger partial charge < -0.3 is 0 Å². The van der Waals surface area contributed by atoms with Gasteiger partial charge in [-0.15, -0.1) is 0 Å². The first-order valence-electron chi connectivity index (χ1n) is 2.75. The molecule has 0 saturated heterocycles. The Kier molecular flexibility index (Phi) is 3.02. The van der Waals surface area contributed by atoms with Crippen molar-refractivity contribution in [1.29, 1.82) is 0 Å². The van der Waals surface area contributed by atoms with Crippen LogP contribution in [-0.4, -0.2) is 0 Å². The van der Waals surface area contributed by atoms with Crippen LogP contribution in [-0.2, 0) is 0 Å². The second kappa shape index (κ2) is 2.85. The molecular weight excluding hydrogens is 211 g/mol. The van der Waals surface area contributed by atoms with Crippen LogP contribution in [0.2, 0.25) is 0 Å². The van der Waals surface area contributed by atoms with Crippen LogP contribution in [0.1, 0.15) is 27.2 Å². The molecule has 0 saturated carbocycles. The van der Waals surface area contributed by atoms with E-state index in [9.17, 15) is 0 Å². The Hall–Kier alpha value is 0.470. The highest BCUT2D eigenvalue weighted by Gasteiger charge is 2.09. The Balaban J connectivity index is 3.55. The van der Waals surface area contributed by atoms with Crippen molar-refractivity contribution in [3.8, 4) is 0 Å². The molecule has 0 aromatic carbocycles. The summed E-state index contributed by atoms with van der Waals surface area (Å²) < 4.78 is 1.25. The SMILES string of the molecule is C=C(I)CC(C)(C)C. The maximum absolute atomic E-state index is 3.83. The van der Waals surface area contributed by atoms with Gasteiger partial charge in [0.15, 0.2) is 0 Å². The van der Waals surface area contributed by atoms with Gasteiger partial charge in [0.1, 0.15) is 0 Å². The second-order valence-electron chi connectivity index (χ2n) is 3.25. The van der Waals surface area contributed by atoms with Gasteiger partial charge in [0.05, 0.1) is 0 Å². The molecule has 0 atom stereocenters. The lowest BCUT2D eigenvalue weighted by Gasteiger charge is -2.16. The maximum Gasteiger partial charge on any atom is -0.0161 e. The molecule has 0 radical (unpaired) electrons. The lowest BCUT2D eigenvalue weighted by atomic mass is 9.93. The van der Waals surface area contributed by atoms with E-state index in [1.807, 2.05) is 0 Å². The first kappa shape index (κ1) is 8.47. The smallest absolute Gasteiger partial charge is 0.0161 e. The van der Waals surface area contributed by atoms with Crippen molar-refractivity contribution in [2.75, 3.05) is 0 Å². The Labute approximate surface area is 65.5 Å². The fourth-order valence-electron chi connectivity index (χ4n) is 0.575. The minimum atomic E-state index is 0.415. The predicted octanol–water partition coefficient (Wildman–Crippen LogP) is 3.37. The normalized spacial score (nSPS) is 11.5. The molecule has 0 aliphatic heterocycles. The second-order valence-corrected chi connectivity index (χ2v) is 4.78. The number of halogens is 1. The van der Waals surface area contributed by atoms with E-state index < -0.39 is 0 Å². The molecule has 0 rings (SSSR count). The van der Waals surface area contributed by atoms with Gasteiger partial charge in [-0.25, -0.2) is 0 Å². The Morgan fingerprint density at radius 1 is 1.50 bits per heavy atom. The average Bonchev–Trinajstić information content (AvgIpc) is 1.21. The van der Waals surface area contributed by atoms with E-state index >= 15 is 0 Å². The molecule has 0 heterocycles. The first-order valence-corrected chi connectivity index (χ1v) is 3.83. The number of hydrogen-bond donors (Lipinski definition) is 0. The Morgan fingerprint density at radius 2 is 1.88 bits per heavy atom. The van der Waals surface area contributed by atoms with E-state index in [1.54, 1.807) is 0 Å². The lowest BCUT2D eigenvalue weighted by Crippen LogP contribution is -2.03. The molecule has 0 aliphatic rings. The fourth-order valence-corrected chi connectivity index (χ4v) is 1.72. The molecule has 0 amide bonds. The van der Waals surface area contributed by atoms with E-state index in [-0.39, 0.29) is 0 Å². The first-order chi connectivity index (χ1) is 3.42. The summed E-state index contributed by atoms with van der Waals surface area (Å²) in [5.41, 5.74) is 0.415. The van der Waals surface area contributed by atoms with Crippen molar-refractivity contribution < 1.29 is 0 Å². The van der Waals surface area contributed by atoms with Crippen LogP contribution in [0.4, 0.5) is 0 Å². The summed E-state index contributed by atoms with van der Waals surface area (Å²) in [6.45, 7) is 10.5. The van der Waals surface area contributed by atoms with Crippen molar-refractivity contribution in [2.45, 2.75) is 27.2 Å². The Morgan fingerprint density at radius 3 is 1.88 bits per heavy atom. The zero-order valence-corrected chi connectivity index (χ0v) is 7.95. The summed E-state index contributed by atoms with van der Waals surface area (Å²) in [6, 6.07) is 0. The summed E-state index contributed by atoms with van der Waals surface area (Å²) in [6.07, 6.45) is 1.12. The predicted molar refractivity (Wildman–Crippen MR) is 47.2 cm³/mol. The van der Waals surface area contributed by atoms with Crippen molar-refractivity contribution >= 4 is 22.6 Å². The van der Waals surface area contributed by atoms with Gasteiger partial charge in [-0.2, -0.15) is 0 Å². The van der Waals surface area contributed by atoms with Crippen LogP contribution in [0.25, 0.3) is 0 Å². The summed E-state index contributed by atoms with van der Waals surface area (Å²) in [5.74, 6) is 0. The molecule has 0 spiro atoms. The molecule has 48 valence electrons. The van der Waals surface area contributed by atoms with Gasteiger partial charge in [0.25, 0.3) is 0 Å². The van der Waals surface area contributed by atoms with Crippen LogP contribution in [0.5, 0.6) is 0 Å². The molecule has 1 heteroatoms. The molecule has 0 aromatic heterocycles. The van der Waals surface area contributed by atoms with Gasteiger partial charge in [0, 0.05) is 0 Å². The number of rotatable bonds is 1. The monoisotopic (exact) mass is 224 g/mol. The van der Waals surface area contributed by atoms with Gasteiger partial charge in [-0.1, -0.05) is 27.4 Å². The third-order valence-electron chi connectivity index (χ3n) is 0.722. The topological polar surface area (TPSA) is 0 Å². The van der Waals surface area contributed by atoms with Crippen LogP contribution in [0.15, 0.2) is 10.2 Å². The lowest BCUT2D eigenvalue weighted by molar-refractivity contribution is 0.419. The summed E-state index contributed by atoms with van der Waals surface area (Å²) in [4.78, 5) is 0. The quantitative estimate of drug-likeness (QED) is 0.599. The highest BCUT2D eigenvalue weighted by atomic mass is 127. The van der Waals surface area contributed by atoms with E-state index in [4.69, 9.17) is 0 Å². The molecule has 0 nitrogen and oxygen atoms in total. The van der Waals surface area contributed by atoms with E-state index in [0.29, 0.717) is 5.41 Å². The maximum atomic E-state index is 3.83.